The number of piperidine rings is 1. The van der Waals surface area contributed by atoms with E-state index in [0.717, 1.165) is 12.3 Å². The molecule has 1 aliphatic rings. The van der Waals surface area contributed by atoms with Crippen molar-refractivity contribution in [2.24, 2.45) is 0 Å². The van der Waals surface area contributed by atoms with E-state index in [1.807, 2.05) is 0 Å². The third-order valence-corrected chi connectivity index (χ3v) is 3.73. The molecule has 0 aromatic carbocycles. The van der Waals surface area contributed by atoms with Crippen LogP contribution in [-0.2, 0) is 11.0 Å². The molecule has 0 atom stereocenters. The summed E-state index contributed by atoms with van der Waals surface area (Å²) in [5.74, 6) is 0.0810. The first kappa shape index (κ1) is 15.5. The number of rotatable bonds is 2. The summed E-state index contributed by atoms with van der Waals surface area (Å²) in [6.45, 7) is 2.56. The van der Waals surface area contributed by atoms with Crippen molar-refractivity contribution in [1.29, 1.82) is 0 Å². The van der Waals surface area contributed by atoms with E-state index in [0.29, 0.717) is 25.9 Å². The second-order valence-corrected chi connectivity index (χ2v) is 5.09. The highest BCUT2D eigenvalue weighted by atomic mass is 19.4. The Morgan fingerprint density at radius 3 is 2.52 bits per heavy atom. The van der Waals surface area contributed by atoms with Gasteiger partial charge in [0.25, 0.3) is 0 Å². The molecule has 0 N–H and O–H groups in total. The smallest absolute Gasteiger partial charge is 0.343 e. The maximum Gasteiger partial charge on any atom is 0.433 e. The number of amides is 1. The van der Waals surface area contributed by atoms with Crippen molar-refractivity contribution in [3.8, 4) is 0 Å². The van der Waals surface area contributed by atoms with E-state index in [1.54, 1.807) is 16.8 Å². The molecule has 21 heavy (non-hydrogen) atoms. The maximum absolute atomic E-state index is 12.6. The minimum Gasteiger partial charge on any atom is -0.343 e. The number of nitrogens with zero attached hydrogens (tertiary/aromatic N) is 4. The summed E-state index contributed by atoms with van der Waals surface area (Å²) in [6.07, 6.45) is -1.96. The van der Waals surface area contributed by atoms with Crippen LogP contribution >= 0.6 is 0 Å². The number of carbonyl (C=O) groups is 1. The molecule has 1 amide bonds. The second-order valence-electron chi connectivity index (χ2n) is 5.09. The molecule has 0 bridgehead atoms. The van der Waals surface area contributed by atoms with Gasteiger partial charge in [-0.25, -0.2) is 9.97 Å². The Bertz CT molecular complexity index is 512. The van der Waals surface area contributed by atoms with Crippen molar-refractivity contribution in [2.75, 3.05) is 25.0 Å². The Morgan fingerprint density at radius 2 is 2.00 bits per heavy atom. The Balaban J connectivity index is 2.04. The third-order valence-electron chi connectivity index (χ3n) is 3.73. The fraction of sp³-hybridized carbons (Fsp3) is 0.615. The summed E-state index contributed by atoms with van der Waals surface area (Å²) in [6, 6.07) is 0.976. The molecule has 2 heterocycles. The van der Waals surface area contributed by atoms with Crippen LogP contribution in [0.5, 0.6) is 0 Å². The molecule has 0 spiro atoms. The van der Waals surface area contributed by atoms with Crippen molar-refractivity contribution >= 4 is 11.9 Å². The van der Waals surface area contributed by atoms with Crippen molar-refractivity contribution in [1.82, 2.24) is 14.9 Å². The van der Waals surface area contributed by atoms with Crippen molar-refractivity contribution in [3.63, 3.8) is 0 Å². The van der Waals surface area contributed by atoms with Crippen LogP contribution in [0.2, 0.25) is 0 Å². The van der Waals surface area contributed by atoms with Gasteiger partial charge in [0.05, 0.1) is 0 Å². The molecule has 5 nitrogen and oxygen atoms in total. The summed E-state index contributed by atoms with van der Waals surface area (Å²) < 4.78 is 37.9. The third kappa shape index (κ3) is 3.62. The standard InChI is InChI=1S/C13H17F3N4O/c1-9(21)19(2)10-4-7-20(8-5-10)12-17-6-3-11(18-12)13(14,15)16/h3,6,10H,4-5,7-8H2,1-2H3. The zero-order valence-corrected chi connectivity index (χ0v) is 11.9. The Morgan fingerprint density at radius 1 is 1.38 bits per heavy atom. The highest BCUT2D eigenvalue weighted by Crippen LogP contribution is 2.28. The molecule has 8 heteroatoms. The Hall–Kier alpha value is -1.86. The van der Waals surface area contributed by atoms with Gasteiger partial charge in [0, 0.05) is 39.3 Å². The number of alkyl halides is 3. The Labute approximate surface area is 120 Å². The molecule has 0 radical (unpaired) electrons. The SMILES string of the molecule is CC(=O)N(C)C1CCN(c2nccc(C(F)(F)F)n2)CC1. The van der Waals surface area contributed by atoms with Crippen LogP contribution in [-0.4, -0.2) is 47.0 Å². The van der Waals surface area contributed by atoms with E-state index in [9.17, 15) is 18.0 Å². The zero-order valence-electron chi connectivity index (χ0n) is 11.9. The van der Waals surface area contributed by atoms with Gasteiger partial charge in [0.2, 0.25) is 11.9 Å². The summed E-state index contributed by atoms with van der Waals surface area (Å²) in [5, 5.41) is 0. The number of aromatic nitrogens is 2. The number of halogens is 3. The average molecular weight is 302 g/mol. The summed E-state index contributed by atoms with van der Waals surface area (Å²) in [4.78, 5) is 22.2. The van der Waals surface area contributed by atoms with Gasteiger partial charge in [-0.15, -0.1) is 0 Å². The van der Waals surface area contributed by atoms with Crippen molar-refractivity contribution in [2.45, 2.75) is 32.0 Å². The van der Waals surface area contributed by atoms with E-state index in [4.69, 9.17) is 0 Å². The van der Waals surface area contributed by atoms with Gasteiger partial charge in [-0.1, -0.05) is 0 Å². The van der Waals surface area contributed by atoms with E-state index in [2.05, 4.69) is 9.97 Å². The molecule has 1 aromatic rings. The lowest BCUT2D eigenvalue weighted by molar-refractivity contribution is -0.141. The van der Waals surface area contributed by atoms with Gasteiger partial charge in [0.15, 0.2) is 0 Å². The highest BCUT2D eigenvalue weighted by molar-refractivity contribution is 5.73. The van der Waals surface area contributed by atoms with Gasteiger partial charge in [-0.05, 0) is 18.9 Å². The monoisotopic (exact) mass is 302 g/mol. The lowest BCUT2D eigenvalue weighted by atomic mass is 10.0. The van der Waals surface area contributed by atoms with Crippen molar-refractivity contribution < 1.29 is 18.0 Å². The van der Waals surface area contributed by atoms with Crippen LogP contribution in [0, 0.1) is 0 Å². The van der Waals surface area contributed by atoms with E-state index in [1.165, 1.54) is 6.92 Å². The maximum atomic E-state index is 12.6. The number of hydrogen-bond donors (Lipinski definition) is 0. The first-order valence-corrected chi connectivity index (χ1v) is 6.67. The molecule has 1 saturated heterocycles. The van der Waals surface area contributed by atoms with Crippen LogP contribution < -0.4 is 4.90 Å². The fourth-order valence-corrected chi connectivity index (χ4v) is 2.37. The predicted molar refractivity (Wildman–Crippen MR) is 70.7 cm³/mol. The molecule has 0 saturated carbocycles. The van der Waals surface area contributed by atoms with Crippen LogP contribution in [0.4, 0.5) is 19.1 Å². The minimum absolute atomic E-state index is 0.0104. The zero-order chi connectivity index (χ0) is 15.6. The normalized spacial score (nSPS) is 16.9. The van der Waals surface area contributed by atoms with Crippen LogP contribution in [0.25, 0.3) is 0 Å². The molecular weight excluding hydrogens is 285 g/mol. The van der Waals surface area contributed by atoms with Crippen LogP contribution in [0.3, 0.4) is 0 Å². The lowest BCUT2D eigenvalue weighted by Crippen LogP contribution is -2.45. The van der Waals surface area contributed by atoms with Gasteiger partial charge >= 0.3 is 6.18 Å². The van der Waals surface area contributed by atoms with E-state index in [-0.39, 0.29) is 17.9 Å². The summed E-state index contributed by atoms with van der Waals surface area (Å²) >= 11 is 0. The first-order valence-electron chi connectivity index (χ1n) is 6.67. The van der Waals surface area contributed by atoms with E-state index >= 15 is 0 Å². The lowest BCUT2D eigenvalue weighted by Gasteiger charge is -2.36. The van der Waals surface area contributed by atoms with Gasteiger partial charge < -0.3 is 9.80 Å². The molecule has 0 aliphatic carbocycles. The summed E-state index contributed by atoms with van der Waals surface area (Å²) in [5.41, 5.74) is -0.935. The topological polar surface area (TPSA) is 49.3 Å². The first-order chi connectivity index (χ1) is 9.79. The quantitative estimate of drug-likeness (QED) is 0.838. The Kier molecular flexibility index (Phi) is 4.34. The average Bonchev–Trinajstić information content (AvgIpc) is 2.46. The largest absolute Gasteiger partial charge is 0.433 e. The number of carbonyl (C=O) groups excluding carboxylic acids is 1. The van der Waals surface area contributed by atoms with E-state index < -0.39 is 11.9 Å². The van der Waals surface area contributed by atoms with Gasteiger partial charge in [-0.2, -0.15) is 13.2 Å². The second kappa shape index (κ2) is 5.87. The minimum atomic E-state index is -4.47. The molecular formula is C13H17F3N4O. The van der Waals surface area contributed by atoms with Gasteiger partial charge in [-0.3, -0.25) is 4.79 Å². The number of anilines is 1. The van der Waals surface area contributed by atoms with Crippen LogP contribution in [0.1, 0.15) is 25.5 Å². The fourth-order valence-electron chi connectivity index (χ4n) is 2.37. The highest BCUT2D eigenvalue weighted by Gasteiger charge is 2.33. The van der Waals surface area contributed by atoms with Crippen LogP contribution in [0.15, 0.2) is 12.3 Å². The molecule has 0 unspecified atom stereocenters. The predicted octanol–water partition coefficient (Wildman–Crippen LogP) is 1.94. The molecule has 1 fully saturated rings. The summed E-state index contributed by atoms with van der Waals surface area (Å²) in [7, 11) is 1.74. The van der Waals surface area contributed by atoms with Gasteiger partial charge in [0.1, 0.15) is 5.69 Å². The number of hydrogen-bond acceptors (Lipinski definition) is 4. The molecule has 1 aliphatic heterocycles. The molecule has 1 aromatic heterocycles. The molecule has 116 valence electrons. The van der Waals surface area contributed by atoms with Crippen molar-refractivity contribution in [3.05, 3.63) is 18.0 Å². The molecule has 2 rings (SSSR count).